The third kappa shape index (κ3) is 5.33. The van der Waals surface area contributed by atoms with Crippen LogP contribution in [0.5, 0.6) is 11.5 Å². The predicted molar refractivity (Wildman–Crippen MR) is 122 cm³/mol. The second kappa shape index (κ2) is 9.67. The van der Waals surface area contributed by atoms with Crippen molar-refractivity contribution in [1.29, 1.82) is 0 Å². The first-order valence-corrected chi connectivity index (χ1v) is 10.3. The third-order valence-corrected chi connectivity index (χ3v) is 5.30. The number of hydrogen-bond acceptors (Lipinski definition) is 4. The Morgan fingerprint density at radius 2 is 1.87 bits per heavy atom. The van der Waals surface area contributed by atoms with Gasteiger partial charge in [0, 0.05) is 12.2 Å². The molecule has 30 heavy (non-hydrogen) atoms. The Labute approximate surface area is 184 Å². The monoisotopic (exact) mass is 469 g/mol. The maximum atomic E-state index is 11.1. The third-order valence-electron chi connectivity index (χ3n) is 4.71. The minimum absolute atomic E-state index is 0.276. The normalized spacial score (nSPS) is 10.5. The number of aromatic carboxylic acids is 1. The van der Waals surface area contributed by atoms with Crippen LogP contribution in [0.4, 0.5) is 5.69 Å². The highest BCUT2D eigenvalue weighted by molar-refractivity contribution is 9.10. The molecule has 0 heterocycles. The summed E-state index contributed by atoms with van der Waals surface area (Å²) in [6.45, 7) is 4.94. The Kier molecular flexibility index (Phi) is 7.00. The lowest BCUT2D eigenvalue weighted by Crippen LogP contribution is -2.05. The molecule has 0 atom stereocenters. The van der Waals surface area contributed by atoms with E-state index in [0.29, 0.717) is 24.7 Å². The van der Waals surface area contributed by atoms with Crippen molar-refractivity contribution in [3.63, 3.8) is 0 Å². The number of aryl methyl sites for hydroxylation is 2. The van der Waals surface area contributed by atoms with Crippen molar-refractivity contribution in [3.8, 4) is 11.5 Å². The molecule has 0 aliphatic rings. The molecule has 3 aromatic carbocycles. The second-order valence-electron chi connectivity index (χ2n) is 7.08. The van der Waals surface area contributed by atoms with E-state index >= 15 is 0 Å². The van der Waals surface area contributed by atoms with Crippen molar-refractivity contribution in [2.24, 2.45) is 0 Å². The Morgan fingerprint density at radius 1 is 1.07 bits per heavy atom. The molecule has 0 aliphatic heterocycles. The van der Waals surface area contributed by atoms with Gasteiger partial charge in [-0.3, -0.25) is 0 Å². The molecule has 0 amide bonds. The summed E-state index contributed by atoms with van der Waals surface area (Å²) < 4.78 is 12.4. The zero-order chi connectivity index (χ0) is 21.7. The van der Waals surface area contributed by atoms with E-state index in [1.807, 2.05) is 31.2 Å². The number of anilines is 1. The summed E-state index contributed by atoms with van der Waals surface area (Å²) >= 11 is 3.59. The number of hydrogen-bond donors (Lipinski definition) is 2. The maximum Gasteiger partial charge on any atom is 0.335 e. The SMILES string of the molecule is COc1cc(CNc2ccc(C(=O)O)cc2C)cc(Br)c1OCc1cccc(C)c1. The first-order valence-electron chi connectivity index (χ1n) is 9.50. The van der Waals surface area contributed by atoms with Crippen LogP contribution in [0.25, 0.3) is 0 Å². The number of benzene rings is 3. The lowest BCUT2D eigenvalue weighted by molar-refractivity contribution is 0.0697. The van der Waals surface area contributed by atoms with Gasteiger partial charge in [-0.25, -0.2) is 4.79 Å². The number of rotatable bonds is 8. The summed E-state index contributed by atoms with van der Waals surface area (Å²) in [5.74, 6) is 0.371. The van der Waals surface area contributed by atoms with E-state index in [4.69, 9.17) is 14.6 Å². The number of methoxy groups -OCH3 is 1. The highest BCUT2D eigenvalue weighted by Gasteiger charge is 2.13. The van der Waals surface area contributed by atoms with Crippen LogP contribution < -0.4 is 14.8 Å². The average molecular weight is 470 g/mol. The second-order valence-corrected chi connectivity index (χ2v) is 7.93. The van der Waals surface area contributed by atoms with Crippen molar-refractivity contribution in [2.45, 2.75) is 27.0 Å². The smallest absolute Gasteiger partial charge is 0.335 e. The van der Waals surface area contributed by atoms with E-state index < -0.39 is 5.97 Å². The molecule has 0 spiro atoms. The first kappa shape index (κ1) is 21.7. The van der Waals surface area contributed by atoms with Crippen LogP contribution in [0.3, 0.4) is 0 Å². The van der Waals surface area contributed by atoms with Crippen molar-refractivity contribution in [3.05, 3.63) is 86.9 Å². The zero-order valence-electron chi connectivity index (χ0n) is 17.2. The number of ether oxygens (including phenoxy) is 2. The molecule has 0 radical (unpaired) electrons. The molecular weight excluding hydrogens is 446 g/mol. The molecule has 0 fully saturated rings. The summed E-state index contributed by atoms with van der Waals surface area (Å²) in [6, 6.07) is 17.1. The quantitative estimate of drug-likeness (QED) is 0.425. The number of carboxylic acid groups (broad SMARTS) is 1. The van der Waals surface area contributed by atoms with Crippen molar-refractivity contribution in [1.82, 2.24) is 0 Å². The molecule has 0 unspecified atom stereocenters. The average Bonchev–Trinajstić information content (AvgIpc) is 2.71. The minimum Gasteiger partial charge on any atom is -0.493 e. The van der Waals surface area contributed by atoms with Gasteiger partial charge >= 0.3 is 5.97 Å². The van der Waals surface area contributed by atoms with E-state index in [2.05, 4.69) is 40.3 Å². The molecule has 156 valence electrons. The largest absolute Gasteiger partial charge is 0.493 e. The van der Waals surface area contributed by atoms with Crippen LogP contribution in [0.2, 0.25) is 0 Å². The van der Waals surface area contributed by atoms with Gasteiger partial charge in [-0.05, 0) is 76.8 Å². The molecule has 0 bridgehead atoms. The van der Waals surface area contributed by atoms with Gasteiger partial charge in [0.15, 0.2) is 11.5 Å². The summed E-state index contributed by atoms with van der Waals surface area (Å²) in [7, 11) is 1.62. The number of nitrogens with one attached hydrogen (secondary N) is 1. The molecule has 6 heteroatoms. The molecule has 0 saturated carbocycles. The molecule has 5 nitrogen and oxygen atoms in total. The molecule has 3 rings (SSSR count). The van der Waals surface area contributed by atoms with Gasteiger partial charge in [0.05, 0.1) is 17.1 Å². The van der Waals surface area contributed by atoms with Crippen molar-refractivity contribution >= 4 is 27.6 Å². The summed E-state index contributed by atoms with van der Waals surface area (Å²) in [5.41, 5.74) is 5.32. The van der Waals surface area contributed by atoms with Gasteiger partial charge in [-0.1, -0.05) is 29.8 Å². The van der Waals surface area contributed by atoms with Gasteiger partial charge in [0.2, 0.25) is 0 Å². The first-order chi connectivity index (χ1) is 14.4. The van der Waals surface area contributed by atoms with Gasteiger partial charge in [-0.2, -0.15) is 0 Å². The van der Waals surface area contributed by atoms with E-state index in [0.717, 1.165) is 26.9 Å². The van der Waals surface area contributed by atoms with Crippen LogP contribution in [-0.4, -0.2) is 18.2 Å². The summed E-state index contributed by atoms with van der Waals surface area (Å²) in [5, 5.41) is 12.4. The Hall–Kier alpha value is -2.99. The fraction of sp³-hybridized carbons (Fsp3) is 0.208. The Balaban J connectivity index is 1.72. The zero-order valence-corrected chi connectivity index (χ0v) is 18.7. The highest BCUT2D eigenvalue weighted by Crippen LogP contribution is 2.37. The van der Waals surface area contributed by atoms with Crippen LogP contribution >= 0.6 is 15.9 Å². The molecular formula is C24H24BrNO4. The maximum absolute atomic E-state index is 11.1. The van der Waals surface area contributed by atoms with E-state index in [9.17, 15) is 4.79 Å². The van der Waals surface area contributed by atoms with Crippen LogP contribution in [-0.2, 0) is 13.2 Å². The standard InChI is InChI=1S/C24H24BrNO4/c1-15-5-4-6-17(9-15)14-30-23-20(25)11-18(12-22(23)29-3)13-26-21-8-7-19(24(27)28)10-16(21)2/h4-12,26H,13-14H2,1-3H3,(H,27,28). The lowest BCUT2D eigenvalue weighted by atomic mass is 10.1. The fourth-order valence-corrected chi connectivity index (χ4v) is 3.77. The highest BCUT2D eigenvalue weighted by atomic mass is 79.9. The molecule has 3 aromatic rings. The van der Waals surface area contributed by atoms with Crippen molar-refractivity contribution in [2.75, 3.05) is 12.4 Å². The van der Waals surface area contributed by atoms with Gasteiger partial charge in [-0.15, -0.1) is 0 Å². The summed E-state index contributed by atoms with van der Waals surface area (Å²) in [6.07, 6.45) is 0. The van der Waals surface area contributed by atoms with Crippen LogP contribution in [0.15, 0.2) is 59.1 Å². The van der Waals surface area contributed by atoms with Crippen molar-refractivity contribution < 1.29 is 19.4 Å². The predicted octanol–water partition coefficient (Wildman–Crippen LogP) is 5.96. The Morgan fingerprint density at radius 3 is 2.53 bits per heavy atom. The van der Waals surface area contributed by atoms with Crippen LogP contribution in [0, 0.1) is 13.8 Å². The minimum atomic E-state index is -0.931. The van der Waals surface area contributed by atoms with Gasteiger partial charge < -0.3 is 19.9 Å². The van der Waals surface area contributed by atoms with E-state index in [1.165, 1.54) is 5.56 Å². The number of carboxylic acids is 1. The van der Waals surface area contributed by atoms with Gasteiger partial charge in [0.1, 0.15) is 6.61 Å². The molecule has 2 N–H and O–H groups in total. The number of carbonyl (C=O) groups is 1. The van der Waals surface area contributed by atoms with E-state index in [1.54, 1.807) is 25.3 Å². The topological polar surface area (TPSA) is 67.8 Å². The molecule has 0 aromatic heterocycles. The van der Waals surface area contributed by atoms with E-state index in [-0.39, 0.29) is 5.56 Å². The summed E-state index contributed by atoms with van der Waals surface area (Å²) in [4.78, 5) is 11.1. The molecule has 0 saturated heterocycles. The Bertz CT molecular complexity index is 1070. The van der Waals surface area contributed by atoms with Crippen LogP contribution in [0.1, 0.15) is 32.6 Å². The lowest BCUT2D eigenvalue weighted by Gasteiger charge is -2.16. The van der Waals surface area contributed by atoms with Gasteiger partial charge in [0.25, 0.3) is 0 Å². The fourth-order valence-electron chi connectivity index (χ4n) is 3.17. The molecule has 0 aliphatic carbocycles. The number of halogens is 1.